The van der Waals surface area contributed by atoms with Gasteiger partial charge in [-0.25, -0.2) is 0 Å². The van der Waals surface area contributed by atoms with Crippen LogP contribution in [0.2, 0.25) is 10.0 Å². The topological polar surface area (TPSA) is 80.6 Å². The number of methoxy groups -OCH3 is 1. The molecule has 0 aliphatic heterocycles. The van der Waals surface area contributed by atoms with Crippen molar-refractivity contribution in [2.24, 2.45) is 0 Å². The van der Waals surface area contributed by atoms with Crippen molar-refractivity contribution in [2.75, 3.05) is 12.4 Å². The fraction of sp³-hybridized carbons (Fsp3) is 0.152. The van der Waals surface area contributed by atoms with E-state index in [-0.39, 0.29) is 12.2 Å². The predicted molar refractivity (Wildman–Crippen MR) is 170 cm³/mol. The molecular weight excluding hydrogens is 639 g/mol. The number of carbonyl (C=O) groups is 1. The molecule has 42 heavy (non-hydrogen) atoms. The third kappa shape index (κ3) is 8.07. The largest absolute Gasteiger partial charge is 0.493 e. The zero-order chi connectivity index (χ0) is 30.2. The molecule has 0 saturated carbocycles. The van der Waals surface area contributed by atoms with Crippen LogP contribution in [-0.4, -0.2) is 13.0 Å². The summed E-state index contributed by atoms with van der Waals surface area (Å²) in [5.74, 6) is 1.03. The lowest BCUT2D eigenvalue weighted by Crippen LogP contribution is -2.13. The quantitative estimate of drug-likeness (QED) is 0.135. The lowest BCUT2D eigenvalue weighted by atomic mass is 10.1. The number of halogens is 3. The number of anilines is 1. The molecule has 0 fully saturated rings. The molecule has 0 radical (unpaired) electrons. The van der Waals surface area contributed by atoms with E-state index in [0.29, 0.717) is 49.6 Å². The second kappa shape index (κ2) is 14.3. The molecule has 1 N–H and O–H groups in total. The van der Waals surface area contributed by atoms with Gasteiger partial charge in [0.05, 0.1) is 11.6 Å². The number of hydrogen-bond acceptors (Lipinski definition) is 5. The maximum Gasteiger partial charge on any atom is 0.266 e. The van der Waals surface area contributed by atoms with E-state index in [1.165, 1.54) is 24.3 Å². The molecule has 6 nitrogen and oxygen atoms in total. The van der Waals surface area contributed by atoms with Gasteiger partial charge in [-0.05, 0) is 107 Å². The number of nitriles is 1. The number of benzene rings is 4. The second-order valence-corrected chi connectivity index (χ2v) is 11.1. The highest BCUT2D eigenvalue weighted by Gasteiger charge is 2.15. The number of hydrogen-bond donors (Lipinski definition) is 1. The van der Waals surface area contributed by atoms with Gasteiger partial charge >= 0.3 is 0 Å². The van der Waals surface area contributed by atoms with Crippen LogP contribution < -0.4 is 19.5 Å². The first-order valence-electron chi connectivity index (χ1n) is 12.8. The molecule has 9 heteroatoms. The Balaban J connectivity index is 1.42. The Hall–Kier alpha value is -3.96. The van der Waals surface area contributed by atoms with Crippen molar-refractivity contribution < 1.29 is 19.0 Å². The van der Waals surface area contributed by atoms with Crippen LogP contribution in [0.15, 0.2) is 82.8 Å². The van der Waals surface area contributed by atoms with Crippen LogP contribution in [0.3, 0.4) is 0 Å². The SMILES string of the molecule is COc1cc(/C=C(\C#N)C(=O)Nc2ccc(OCc3ccc(Cl)cc3Cl)cc2)cc(Br)c1OCc1ccc(C)c(C)c1. The van der Waals surface area contributed by atoms with Crippen molar-refractivity contribution in [3.63, 3.8) is 0 Å². The van der Waals surface area contributed by atoms with Crippen LogP contribution in [0.1, 0.15) is 27.8 Å². The number of nitrogens with zero attached hydrogens (tertiary/aromatic N) is 1. The summed E-state index contributed by atoms with van der Waals surface area (Å²) in [6, 6.07) is 23.6. The first kappa shape index (κ1) is 31.0. The maximum atomic E-state index is 12.9. The summed E-state index contributed by atoms with van der Waals surface area (Å²) in [4.78, 5) is 12.9. The fourth-order valence-corrected chi connectivity index (χ4v) is 5.00. The van der Waals surface area contributed by atoms with Crippen molar-refractivity contribution in [1.29, 1.82) is 5.26 Å². The van der Waals surface area contributed by atoms with Gasteiger partial charge in [0, 0.05) is 21.3 Å². The minimum absolute atomic E-state index is 0.0783. The van der Waals surface area contributed by atoms with Crippen LogP contribution in [-0.2, 0) is 18.0 Å². The van der Waals surface area contributed by atoms with Crippen LogP contribution in [0, 0.1) is 25.2 Å². The molecule has 0 aliphatic carbocycles. The van der Waals surface area contributed by atoms with Gasteiger partial charge in [-0.3, -0.25) is 4.79 Å². The number of ether oxygens (including phenoxy) is 3. The van der Waals surface area contributed by atoms with E-state index >= 15 is 0 Å². The van der Waals surface area contributed by atoms with E-state index in [0.717, 1.165) is 11.1 Å². The van der Waals surface area contributed by atoms with E-state index in [2.05, 4.69) is 47.2 Å². The predicted octanol–water partition coefficient (Wildman–Crippen LogP) is 9.09. The summed E-state index contributed by atoms with van der Waals surface area (Å²) < 4.78 is 18.0. The van der Waals surface area contributed by atoms with Crippen molar-refractivity contribution in [3.05, 3.63) is 121 Å². The van der Waals surface area contributed by atoms with Gasteiger partial charge < -0.3 is 19.5 Å². The molecule has 0 aromatic heterocycles. The van der Waals surface area contributed by atoms with Gasteiger partial charge in [0.25, 0.3) is 5.91 Å². The summed E-state index contributed by atoms with van der Waals surface area (Å²) in [5, 5.41) is 13.5. The van der Waals surface area contributed by atoms with Gasteiger partial charge in [0.15, 0.2) is 11.5 Å². The van der Waals surface area contributed by atoms with E-state index in [4.69, 9.17) is 37.4 Å². The summed E-state index contributed by atoms with van der Waals surface area (Å²) in [6.45, 7) is 4.74. The minimum Gasteiger partial charge on any atom is -0.493 e. The van der Waals surface area contributed by atoms with E-state index in [1.54, 1.807) is 54.6 Å². The summed E-state index contributed by atoms with van der Waals surface area (Å²) in [6.07, 6.45) is 1.49. The first-order valence-corrected chi connectivity index (χ1v) is 14.4. The summed E-state index contributed by atoms with van der Waals surface area (Å²) in [7, 11) is 1.54. The highest BCUT2D eigenvalue weighted by Crippen LogP contribution is 2.38. The Morgan fingerprint density at radius 1 is 0.952 bits per heavy atom. The number of rotatable bonds is 10. The van der Waals surface area contributed by atoms with Crippen molar-refractivity contribution in [2.45, 2.75) is 27.1 Å². The van der Waals surface area contributed by atoms with Crippen molar-refractivity contribution in [1.82, 2.24) is 0 Å². The first-order chi connectivity index (χ1) is 20.2. The molecule has 0 heterocycles. The monoisotopic (exact) mass is 664 g/mol. The van der Waals surface area contributed by atoms with Crippen LogP contribution in [0.25, 0.3) is 6.08 Å². The van der Waals surface area contributed by atoms with Gasteiger partial charge in [0.1, 0.15) is 30.6 Å². The Morgan fingerprint density at radius 2 is 1.71 bits per heavy atom. The van der Waals surface area contributed by atoms with Crippen molar-refractivity contribution >= 4 is 56.8 Å². The van der Waals surface area contributed by atoms with Crippen LogP contribution in [0.4, 0.5) is 5.69 Å². The van der Waals surface area contributed by atoms with Crippen LogP contribution in [0.5, 0.6) is 17.2 Å². The molecule has 0 atom stereocenters. The molecule has 4 aromatic rings. The molecule has 0 unspecified atom stereocenters. The smallest absolute Gasteiger partial charge is 0.266 e. The van der Waals surface area contributed by atoms with Gasteiger partial charge in [0.2, 0.25) is 0 Å². The zero-order valence-corrected chi connectivity index (χ0v) is 26.2. The lowest BCUT2D eigenvalue weighted by molar-refractivity contribution is -0.112. The highest BCUT2D eigenvalue weighted by atomic mass is 79.9. The number of nitrogens with one attached hydrogen (secondary N) is 1. The standard InChI is InChI=1S/C33H27BrCl2N2O4/c1-20-4-5-22(12-21(20)2)18-42-32-29(34)14-23(15-31(32)40-3)13-25(17-37)33(39)38-27-8-10-28(11-9-27)41-19-24-6-7-26(35)16-30(24)36/h4-16H,18-19H2,1-3H3,(H,38,39)/b25-13+. The normalized spacial score (nSPS) is 11.0. The number of aryl methyl sites for hydroxylation is 2. The average Bonchev–Trinajstić information content (AvgIpc) is 2.97. The van der Waals surface area contributed by atoms with Crippen LogP contribution >= 0.6 is 39.1 Å². The Kier molecular flexibility index (Phi) is 10.5. The third-order valence-electron chi connectivity index (χ3n) is 6.40. The fourth-order valence-electron chi connectivity index (χ4n) is 3.96. The summed E-state index contributed by atoms with van der Waals surface area (Å²) in [5.41, 5.74) is 5.25. The Labute approximate surface area is 263 Å². The molecule has 0 saturated heterocycles. The van der Waals surface area contributed by atoms with Gasteiger partial charge in [-0.1, -0.05) is 47.5 Å². The zero-order valence-electron chi connectivity index (χ0n) is 23.1. The average molecular weight is 666 g/mol. The third-order valence-corrected chi connectivity index (χ3v) is 7.58. The lowest BCUT2D eigenvalue weighted by Gasteiger charge is -2.14. The van der Waals surface area contributed by atoms with Crippen molar-refractivity contribution in [3.8, 4) is 23.3 Å². The van der Waals surface area contributed by atoms with E-state index in [9.17, 15) is 10.1 Å². The molecule has 1 amide bonds. The Bertz CT molecular complexity index is 1680. The van der Waals surface area contributed by atoms with E-state index in [1.807, 2.05) is 12.1 Å². The molecular formula is C33H27BrCl2N2O4. The molecule has 0 aliphatic rings. The number of carbonyl (C=O) groups excluding carboxylic acids is 1. The molecule has 4 aromatic carbocycles. The number of amides is 1. The van der Waals surface area contributed by atoms with Gasteiger partial charge in [-0.15, -0.1) is 0 Å². The second-order valence-electron chi connectivity index (χ2n) is 9.41. The maximum absolute atomic E-state index is 12.9. The minimum atomic E-state index is -0.552. The Morgan fingerprint density at radius 3 is 2.38 bits per heavy atom. The highest BCUT2D eigenvalue weighted by molar-refractivity contribution is 9.10. The summed E-state index contributed by atoms with van der Waals surface area (Å²) >= 11 is 15.7. The molecule has 214 valence electrons. The molecule has 4 rings (SSSR count). The molecule has 0 spiro atoms. The van der Waals surface area contributed by atoms with Gasteiger partial charge in [-0.2, -0.15) is 5.26 Å². The van der Waals surface area contributed by atoms with E-state index < -0.39 is 5.91 Å². The molecule has 0 bridgehead atoms.